The summed E-state index contributed by atoms with van der Waals surface area (Å²) < 4.78 is 0. The average Bonchev–Trinajstić information content (AvgIpc) is 3.19. The molecular weight excluding hydrogens is 386 g/mol. The first-order chi connectivity index (χ1) is 14.5. The molecule has 0 radical (unpaired) electrons. The lowest BCUT2D eigenvalue weighted by Crippen LogP contribution is -2.28. The molecule has 160 valence electrons. The van der Waals surface area contributed by atoms with Crippen LogP contribution in [0.15, 0.2) is 48.8 Å². The van der Waals surface area contributed by atoms with Gasteiger partial charge < -0.3 is 15.3 Å². The fourth-order valence-electron chi connectivity index (χ4n) is 2.99. The van der Waals surface area contributed by atoms with Crippen LogP contribution in [0.2, 0.25) is 0 Å². The number of hydrogen-bond donors (Lipinski definition) is 4. The molecule has 0 aliphatic carbocycles. The van der Waals surface area contributed by atoms with Gasteiger partial charge in [0.2, 0.25) is 0 Å². The van der Waals surface area contributed by atoms with E-state index in [1.54, 1.807) is 12.4 Å². The SMILES string of the molecule is CC(=O)O.O=C(C=Cc1cnc(N[C@@H]2CCN(CCc3ccccc3)C2)cn1)NO. The van der Waals surface area contributed by atoms with E-state index in [9.17, 15) is 4.79 Å². The Kier molecular flexibility index (Phi) is 9.43. The minimum atomic E-state index is -0.833. The molecule has 4 N–H and O–H groups in total. The number of aromatic nitrogens is 2. The number of carbonyl (C=O) groups excluding carboxylic acids is 1. The molecule has 1 aliphatic heterocycles. The van der Waals surface area contributed by atoms with Gasteiger partial charge >= 0.3 is 0 Å². The topological polar surface area (TPSA) is 128 Å². The highest BCUT2D eigenvalue weighted by molar-refractivity contribution is 5.90. The van der Waals surface area contributed by atoms with Crippen molar-refractivity contribution in [2.24, 2.45) is 0 Å². The van der Waals surface area contributed by atoms with E-state index in [4.69, 9.17) is 15.1 Å². The molecule has 2 heterocycles. The summed E-state index contributed by atoms with van der Waals surface area (Å²) >= 11 is 0. The van der Waals surface area contributed by atoms with Gasteiger partial charge in [0.1, 0.15) is 5.82 Å². The van der Waals surface area contributed by atoms with Crippen LogP contribution in [0.3, 0.4) is 0 Å². The van der Waals surface area contributed by atoms with Crippen LogP contribution in [-0.2, 0) is 16.0 Å². The Morgan fingerprint density at radius 2 is 1.97 bits per heavy atom. The van der Waals surface area contributed by atoms with Crippen LogP contribution in [0.1, 0.15) is 24.6 Å². The number of hydrogen-bond acceptors (Lipinski definition) is 7. The van der Waals surface area contributed by atoms with Crippen molar-refractivity contribution >= 4 is 23.8 Å². The molecule has 0 spiro atoms. The minimum Gasteiger partial charge on any atom is -0.481 e. The molecule has 1 aromatic carbocycles. The molecular formula is C21H27N5O4. The number of amides is 1. The number of likely N-dealkylation sites (tertiary alicyclic amines) is 1. The summed E-state index contributed by atoms with van der Waals surface area (Å²) in [6.07, 6.45) is 8.07. The molecule has 1 aromatic heterocycles. The van der Waals surface area contributed by atoms with Crippen molar-refractivity contribution < 1.29 is 19.9 Å². The molecule has 1 aliphatic rings. The Bertz CT molecular complexity index is 823. The molecule has 0 unspecified atom stereocenters. The smallest absolute Gasteiger partial charge is 0.300 e. The number of carbonyl (C=O) groups is 2. The average molecular weight is 413 g/mol. The largest absolute Gasteiger partial charge is 0.481 e. The number of rotatable bonds is 7. The van der Waals surface area contributed by atoms with Gasteiger partial charge in [0, 0.05) is 38.7 Å². The highest BCUT2D eigenvalue weighted by atomic mass is 16.5. The van der Waals surface area contributed by atoms with Gasteiger partial charge in [0.05, 0.1) is 18.1 Å². The van der Waals surface area contributed by atoms with E-state index in [1.165, 1.54) is 23.2 Å². The van der Waals surface area contributed by atoms with Gasteiger partial charge in [-0.25, -0.2) is 10.5 Å². The standard InChI is InChI=1S/C19H23N5O2.C2H4O2/c25-19(23-26)7-6-16-12-21-18(13-20-16)22-17-9-11-24(14-17)10-8-15-4-2-1-3-5-15;1-2(3)4/h1-7,12-13,17,26H,8-11,14H2,(H,21,22)(H,23,25);1H3,(H,3,4)/t17-;/m1./s1. The minimum absolute atomic E-state index is 0.363. The number of nitrogens with one attached hydrogen (secondary N) is 2. The van der Waals surface area contributed by atoms with Crippen molar-refractivity contribution in [3.63, 3.8) is 0 Å². The third-order valence-electron chi connectivity index (χ3n) is 4.37. The lowest BCUT2D eigenvalue weighted by Gasteiger charge is -2.17. The zero-order valence-corrected chi connectivity index (χ0v) is 16.9. The summed E-state index contributed by atoms with van der Waals surface area (Å²) in [6.45, 7) is 4.21. The number of carboxylic acid groups (broad SMARTS) is 1. The van der Waals surface area contributed by atoms with E-state index >= 15 is 0 Å². The van der Waals surface area contributed by atoms with E-state index in [2.05, 4.69) is 44.5 Å². The lowest BCUT2D eigenvalue weighted by atomic mass is 10.1. The van der Waals surface area contributed by atoms with Crippen molar-refractivity contribution in [2.75, 3.05) is 25.0 Å². The van der Waals surface area contributed by atoms with Crippen molar-refractivity contribution in [3.8, 4) is 0 Å². The molecule has 0 saturated carbocycles. The summed E-state index contributed by atoms with van der Waals surface area (Å²) in [5, 5.41) is 19.3. The predicted octanol–water partition coefficient (Wildman–Crippen LogP) is 1.81. The fourth-order valence-corrected chi connectivity index (χ4v) is 2.99. The lowest BCUT2D eigenvalue weighted by molar-refractivity contribution is -0.134. The number of benzene rings is 1. The van der Waals surface area contributed by atoms with E-state index < -0.39 is 11.9 Å². The van der Waals surface area contributed by atoms with E-state index in [0.717, 1.165) is 45.2 Å². The van der Waals surface area contributed by atoms with Crippen LogP contribution in [0.5, 0.6) is 0 Å². The van der Waals surface area contributed by atoms with Crippen molar-refractivity contribution in [1.82, 2.24) is 20.3 Å². The number of anilines is 1. The molecule has 9 nitrogen and oxygen atoms in total. The molecule has 9 heteroatoms. The third kappa shape index (κ3) is 8.80. The summed E-state index contributed by atoms with van der Waals surface area (Å²) in [5.74, 6) is -0.709. The molecule has 3 rings (SSSR count). The number of aliphatic carboxylic acids is 1. The second-order valence-corrected chi connectivity index (χ2v) is 6.82. The normalized spacial score (nSPS) is 16.0. The van der Waals surface area contributed by atoms with Crippen LogP contribution < -0.4 is 10.8 Å². The number of nitrogens with zero attached hydrogens (tertiary/aromatic N) is 3. The van der Waals surface area contributed by atoms with Crippen LogP contribution in [0, 0.1) is 0 Å². The Morgan fingerprint density at radius 3 is 2.60 bits per heavy atom. The summed E-state index contributed by atoms with van der Waals surface area (Å²) in [4.78, 5) is 31.0. The molecule has 0 bridgehead atoms. The van der Waals surface area contributed by atoms with Gasteiger partial charge in [-0.15, -0.1) is 0 Å². The zero-order valence-electron chi connectivity index (χ0n) is 16.9. The van der Waals surface area contributed by atoms with Crippen LogP contribution in [-0.4, -0.2) is 62.7 Å². The maximum absolute atomic E-state index is 10.9. The number of hydroxylamine groups is 1. The summed E-state index contributed by atoms with van der Waals surface area (Å²) in [5.41, 5.74) is 3.45. The molecule has 1 saturated heterocycles. The maximum Gasteiger partial charge on any atom is 0.300 e. The van der Waals surface area contributed by atoms with Crippen molar-refractivity contribution in [1.29, 1.82) is 0 Å². The second kappa shape index (κ2) is 12.3. The van der Waals surface area contributed by atoms with Crippen LogP contribution in [0.4, 0.5) is 5.82 Å². The highest BCUT2D eigenvalue weighted by Crippen LogP contribution is 2.15. The Balaban J connectivity index is 0.000000735. The highest BCUT2D eigenvalue weighted by Gasteiger charge is 2.22. The Labute approximate surface area is 175 Å². The van der Waals surface area contributed by atoms with Gasteiger partial charge in [-0.1, -0.05) is 30.3 Å². The first kappa shape index (κ1) is 23.0. The maximum atomic E-state index is 10.9. The van der Waals surface area contributed by atoms with Gasteiger partial charge in [0.15, 0.2) is 0 Å². The fraction of sp³-hybridized carbons (Fsp3) is 0.333. The van der Waals surface area contributed by atoms with Crippen molar-refractivity contribution in [3.05, 3.63) is 60.1 Å². The summed E-state index contributed by atoms with van der Waals surface area (Å²) in [6, 6.07) is 10.9. The quantitative estimate of drug-likeness (QED) is 0.307. The molecule has 1 fully saturated rings. The first-order valence-electron chi connectivity index (χ1n) is 9.63. The van der Waals surface area contributed by atoms with E-state index in [0.29, 0.717) is 11.7 Å². The van der Waals surface area contributed by atoms with Gasteiger partial charge in [-0.3, -0.25) is 19.8 Å². The molecule has 30 heavy (non-hydrogen) atoms. The van der Waals surface area contributed by atoms with E-state index in [-0.39, 0.29) is 0 Å². The monoisotopic (exact) mass is 413 g/mol. The zero-order chi connectivity index (χ0) is 21.8. The van der Waals surface area contributed by atoms with Gasteiger partial charge in [-0.2, -0.15) is 0 Å². The van der Waals surface area contributed by atoms with Gasteiger partial charge in [0.25, 0.3) is 11.9 Å². The van der Waals surface area contributed by atoms with Crippen LogP contribution in [0.25, 0.3) is 6.08 Å². The second-order valence-electron chi connectivity index (χ2n) is 6.82. The molecule has 2 aromatic rings. The first-order valence-corrected chi connectivity index (χ1v) is 9.63. The molecule has 1 atom stereocenters. The van der Waals surface area contributed by atoms with Gasteiger partial charge in [-0.05, 0) is 24.5 Å². The van der Waals surface area contributed by atoms with Crippen molar-refractivity contribution in [2.45, 2.75) is 25.8 Å². The Hall–Kier alpha value is -3.30. The predicted molar refractivity (Wildman–Crippen MR) is 113 cm³/mol. The number of carboxylic acids is 1. The third-order valence-corrected chi connectivity index (χ3v) is 4.37. The Morgan fingerprint density at radius 1 is 1.23 bits per heavy atom. The molecule has 1 amide bonds. The van der Waals surface area contributed by atoms with Crippen LogP contribution >= 0.6 is 0 Å². The van der Waals surface area contributed by atoms with E-state index in [1.807, 2.05) is 6.07 Å². The summed E-state index contributed by atoms with van der Waals surface area (Å²) in [7, 11) is 0.